The third-order valence-electron chi connectivity index (χ3n) is 2.27. The van der Waals surface area contributed by atoms with Gasteiger partial charge in [0.2, 0.25) is 0 Å². The second kappa shape index (κ2) is 4.52. The molecule has 0 aromatic rings. The summed E-state index contributed by atoms with van der Waals surface area (Å²) in [5.74, 6) is 7.04. The van der Waals surface area contributed by atoms with E-state index in [2.05, 4.69) is 37.5 Å². The van der Waals surface area contributed by atoms with Gasteiger partial charge in [-0.2, -0.15) is 0 Å². The highest BCUT2D eigenvalue weighted by atomic mass is 15.2. The Balaban J connectivity index is 2.37. The molecule has 1 heteroatoms. The molecule has 1 saturated heterocycles. The molecule has 1 aliphatic heterocycles. The van der Waals surface area contributed by atoms with E-state index in [1.807, 2.05) is 0 Å². The molecular formula is C11H19N. The first kappa shape index (κ1) is 9.61. The van der Waals surface area contributed by atoms with Gasteiger partial charge in [-0.05, 0) is 32.9 Å². The van der Waals surface area contributed by atoms with Crippen LogP contribution in [0.15, 0.2) is 0 Å². The van der Waals surface area contributed by atoms with E-state index in [0.29, 0.717) is 12.0 Å². The molecule has 1 heterocycles. The summed E-state index contributed by atoms with van der Waals surface area (Å²) >= 11 is 0. The molecule has 0 aromatic heterocycles. The zero-order valence-electron chi connectivity index (χ0n) is 8.43. The summed E-state index contributed by atoms with van der Waals surface area (Å²) in [7, 11) is 0. The summed E-state index contributed by atoms with van der Waals surface area (Å²) in [6, 6.07) is 0.468. The lowest BCUT2D eigenvalue weighted by Crippen LogP contribution is -2.28. The zero-order valence-corrected chi connectivity index (χ0v) is 8.43. The molecule has 12 heavy (non-hydrogen) atoms. The van der Waals surface area contributed by atoms with Crippen LogP contribution in [0.4, 0.5) is 0 Å². The Morgan fingerprint density at radius 3 is 2.08 bits per heavy atom. The number of hydrogen-bond donors (Lipinski definition) is 0. The van der Waals surface area contributed by atoms with Gasteiger partial charge < -0.3 is 0 Å². The van der Waals surface area contributed by atoms with Crippen molar-refractivity contribution in [1.29, 1.82) is 0 Å². The minimum Gasteiger partial charge on any atom is -0.290 e. The quantitative estimate of drug-likeness (QED) is 0.538. The monoisotopic (exact) mass is 165 g/mol. The Morgan fingerprint density at radius 1 is 1.00 bits per heavy atom. The third-order valence-corrected chi connectivity index (χ3v) is 2.27. The molecule has 0 aromatic carbocycles. The summed E-state index contributed by atoms with van der Waals surface area (Å²) in [5, 5.41) is 0. The SMILES string of the molecule is CC(C)C#C[C@H](C)N1CCCC1. The molecule has 1 atom stereocenters. The first-order valence-electron chi connectivity index (χ1n) is 4.95. The molecule has 0 amide bonds. The van der Waals surface area contributed by atoms with Crippen molar-refractivity contribution >= 4 is 0 Å². The van der Waals surface area contributed by atoms with E-state index in [-0.39, 0.29) is 0 Å². The molecule has 0 saturated carbocycles. The van der Waals surface area contributed by atoms with Crippen molar-refractivity contribution in [2.24, 2.45) is 5.92 Å². The van der Waals surface area contributed by atoms with Gasteiger partial charge >= 0.3 is 0 Å². The smallest absolute Gasteiger partial charge is 0.0686 e. The maximum absolute atomic E-state index is 3.30. The summed E-state index contributed by atoms with van der Waals surface area (Å²) in [6.07, 6.45) is 2.71. The van der Waals surface area contributed by atoms with Crippen LogP contribution >= 0.6 is 0 Å². The van der Waals surface area contributed by atoms with Crippen molar-refractivity contribution in [3.63, 3.8) is 0 Å². The van der Waals surface area contributed by atoms with Gasteiger partial charge in [0.05, 0.1) is 6.04 Å². The molecule has 1 fully saturated rings. The molecule has 0 bridgehead atoms. The Morgan fingerprint density at radius 2 is 1.58 bits per heavy atom. The van der Waals surface area contributed by atoms with Crippen molar-refractivity contribution in [2.45, 2.75) is 39.7 Å². The van der Waals surface area contributed by atoms with Crippen LogP contribution < -0.4 is 0 Å². The van der Waals surface area contributed by atoms with Gasteiger partial charge in [0.25, 0.3) is 0 Å². The number of hydrogen-bond acceptors (Lipinski definition) is 1. The van der Waals surface area contributed by atoms with Crippen LogP contribution in [0.25, 0.3) is 0 Å². The molecule has 0 radical (unpaired) electrons. The Labute approximate surface area is 76.1 Å². The van der Waals surface area contributed by atoms with Gasteiger partial charge in [-0.1, -0.05) is 25.7 Å². The van der Waals surface area contributed by atoms with Crippen LogP contribution in [0.2, 0.25) is 0 Å². The lowest BCUT2D eigenvalue weighted by atomic mass is 10.2. The molecule has 1 rings (SSSR count). The lowest BCUT2D eigenvalue weighted by Gasteiger charge is -2.18. The van der Waals surface area contributed by atoms with Crippen LogP contribution in [0.1, 0.15) is 33.6 Å². The highest BCUT2D eigenvalue weighted by Gasteiger charge is 2.15. The predicted molar refractivity (Wildman–Crippen MR) is 52.9 cm³/mol. The number of nitrogens with zero attached hydrogens (tertiary/aromatic N) is 1. The number of likely N-dealkylation sites (tertiary alicyclic amines) is 1. The maximum atomic E-state index is 3.30. The Kier molecular flexibility index (Phi) is 3.62. The zero-order chi connectivity index (χ0) is 8.97. The molecule has 0 spiro atoms. The largest absolute Gasteiger partial charge is 0.290 e. The fourth-order valence-corrected chi connectivity index (χ4v) is 1.51. The van der Waals surface area contributed by atoms with E-state index < -0.39 is 0 Å². The van der Waals surface area contributed by atoms with Gasteiger partial charge in [0, 0.05) is 5.92 Å². The van der Waals surface area contributed by atoms with Gasteiger partial charge in [0.15, 0.2) is 0 Å². The van der Waals surface area contributed by atoms with E-state index >= 15 is 0 Å². The standard InChI is InChI=1S/C11H19N/c1-10(2)6-7-11(3)12-8-4-5-9-12/h10-11H,4-5,8-9H2,1-3H3/t11-/m0/s1. The van der Waals surface area contributed by atoms with Crippen LogP contribution in [-0.2, 0) is 0 Å². The second-order valence-electron chi connectivity index (χ2n) is 3.86. The maximum Gasteiger partial charge on any atom is 0.0686 e. The fourth-order valence-electron chi connectivity index (χ4n) is 1.51. The minimum absolute atomic E-state index is 0.468. The summed E-state index contributed by atoms with van der Waals surface area (Å²) < 4.78 is 0. The van der Waals surface area contributed by atoms with E-state index in [1.165, 1.54) is 25.9 Å². The first-order valence-corrected chi connectivity index (χ1v) is 4.95. The van der Waals surface area contributed by atoms with E-state index in [4.69, 9.17) is 0 Å². The van der Waals surface area contributed by atoms with Crippen molar-refractivity contribution in [3.8, 4) is 11.8 Å². The van der Waals surface area contributed by atoms with Crippen molar-refractivity contribution in [2.75, 3.05) is 13.1 Å². The van der Waals surface area contributed by atoms with Crippen molar-refractivity contribution in [3.05, 3.63) is 0 Å². The van der Waals surface area contributed by atoms with Gasteiger partial charge in [0.1, 0.15) is 0 Å². The molecule has 0 unspecified atom stereocenters. The third kappa shape index (κ3) is 2.87. The molecule has 0 aliphatic carbocycles. The van der Waals surface area contributed by atoms with E-state index in [1.54, 1.807) is 0 Å². The molecular weight excluding hydrogens is 146 g/mol. The lowest BCUT2D eigenvalue weighted by molar-refractivity contribution is 0.307. The molecule has 1 aliphatic rings. The molecule has 68 valence electrons. The van der Waals surface area contributed by atoms with Gasteiger partial charge in [-0.25, -0.2) is 0 Å². The van der Waals surface area contributed by atoms with Gasteiger partial charge in [-0.3, -0.25) is 4.90 Å². The predicted octanol–water partition coefficient (Wildman–Crippen LogP) is 2.13. The summed E-state index contributed by atoms with van der Waals surface area (Å²) in [5.41, 5.74) is 0. The Bertz CT molecular complexity index is 179. The minimum atomic E-state index is 0.468. The summed E-state index contributed by atoms with van der Waals surface area (Å²) in [4.78, 5) is 2.47. The Hall–Kier alpha value is -0.480. The topological polar surface area (TPSA) is 3.24 Å². The highest BCUT2D eigenvalue weighted by Crippen LogP contribution is 2.10. The summed E-state index contributed by atoms with van der Waals surface area (Å²) in [6.45, 7) is 8.98. The average Bonchev–Trinajstić information content (AvgIpc) is 2.51. The van der Waals surface area contributed by atoms with Crippen molar-refractivity contribution in [1.82, 2.24) is 4.90 Å². The second-order valence-corrected chi connectivity index (χ2v) is 3.86. The van der Waals surface area contributed by atoms with Gasteiger partial charge in [-0.15, -0.1) is 0 Å². The average molecular weight is 165 g/mol. The van der Waals surface area contributed by atoms with Crippen molar-refractivity contribution < 1.29 is 0 Å². The molecule has 1 nitrogen and oxygen atoms in total. The van der Waals surface area contributed by atoms with Crippen LogP contribution in [0.5, 0.6) is 0 Å². The number of rotatable bonds is 1. The highest BCUT2D eigenvalue weighted by molar-refractivity contribution is 5.08. The normalized spacial score (nSPS) is 20.7. The first-order chi connectivity index (χ1) is 5.70. The fraction of sp³-hybridized carbons (Fsp3) is 0.818. The van der Waals surface area contributed by atoms with E-state index in [9.17, 15) is 0 Å². The van der Waals surface area contributed by atoms with E-state index in [0.717, 1.165) is 0 Å². The van der Waals surface area contributed by atoms with Crippen LogP contribution in [-0.4, -0.2) is 24.0 Å². The van der Waals surface area contributed by atoms with Crippen LogP contribution in [0, 0.1) is 17.8 Å². The molecule has 0 N–H and O–H groups in total. The van der Waals surface area contributed by atoms with Crippen LogP contribution in [0.3, 0.4) is 0 Å².